The fraction of sp³-hybridized carbons (Fsp3) is 0.794. The molecular formula is C34H52O6. The molecule has 0 bridgehead atoms. The van der Waals surface area contributed by atoms with Crippen LogP contribution in [-0.2, 0) is 19.1 Å². The van der Waals surface area contributed by atoms with Crippen molar-refractivity contribution in [3.8, 4) is 0 Å². The summed E-state index contributed by atoms with van der Waals surface area (Å²) in [6.07, 6.45) is 19.7. The van der Waals surface area contributed by atoms with Gasteiger partial charge in [0.2, 0.25) is 5.78 Å². The van der Waals surface area contributed by atoms with E-state index in [4.69, 9.17) is 4.74 Å². The topological polar surface area (TPSA) is 101 Å². The van der Waals surface area contributed by atoms with E-state index in [-0.39, 0.29) is 34.9 Å². The highest BCUT2D eigenvalue weighted by Gasteiger charge is 2.68. The van der Waals surface area contributed by atoms with Crippen LogP contribution in [0.3, 0.4) is 0 Å². The van der Waals surface area contributed by atoms with Crippen molar-refractivity contribution in [3.05, 3.63) is 23.8 Å². The van der Waals surface area contributed by atoms with Gasteiger partial charge in [0, 0.05) is 23.2 Å². The quantitative estimate of drug-likeness (QED) is 0.189. The first kappa shape index (κ1) is 31.2. The van der Waals surface area contributed by atoms with Crippen molar-refractivity contribution in [3.63, 3.8) is 0 Å². The minimum Gasteiger partial charge on any atom is -0.458 e. The Morgan fingerprint density at radius 3 is 2.33 bits per heavy atom. The van der Waals surface area contributed by atoms with E-state index in [1.165, 1.54) is 44.9 Å². The molecule has 40 heavy (non-hydrogen) atoms. The second kappa shape index (κ2) is 13.0. The first-order valence-electron chi connectivity index (χ1n) is 16.1. The Morgan fingerprint density at radius 1 is 1.00 bits per heavy atom. The van der Waals surface area contributed by atoms with Gasteiger partial charge in [-0.05, 0) is 62.5 Å². The highest BCUT2D eigenvalue weighted by atomic mass is 16.5. The number of esters is 1. The fourth-order valence-corrected chi connectivity index (χ4v) is 8.88. The number of carbonyl (C=O) groups is 3. The standard InChI is InChI=1S/C34H52O6/c1-4-5-6-7-8-9-10-11-12-13-14-30(38)40-23-29(37)34(39)20-18-27-26-16-15-24-21-25(35)17-19-32(24,2)31(26)28(36)22-33(27,34)3/h17,19,21,26-28,31,36,39H,4-16,18,20,22-23H2,1-3H3/t26-,27-,28-,31+,32-,33-,34-/m0/s1. The number of rotatable bonds is 14. The molecule has 4 aliphatic rings. The van der Waals surface area contributed by atoms with Crippen LogP contribution in [0, 0.1) is 28.6 Å². The lowest BCUT2D eigenvalue weighted by Crippen LogP contribution is -2.61. The van der Waals surface area contributed by atoms with Crippen LogP contribution in [0.2, 0.25) is 0 Å². The Hall–Kier alpha value is -1.79. The van der Waals surface area contributed by atoms with Gasteiger partial charge >= 0.3 is 5.97 Å². The highest BCUT2D eigenvalue weighted by molar-refractivity contribution is 6.01. The summed E-state index contributed by atoms with van der Waals surface area (Å²) in [7, 11) is 0. The van der Waals surface area contributed by atoms with E-state index >= 15 is 0 Å². The Balaban J connectivity index is 1.26. The Labute approximate surface area is 241 Å². The lowest BCUT2D eigenvalue weighted by atomic mass is 9.46. The van der Waals surface area contributed by atoms with E-state index in [0.29, 0.717) is 25.7 Å². The second-order valence-electron chi connectivity index (χ2n) is 13.6. The van der Waals surface area contributed by atoms with E-state index in [0.717, 1.165) is 37.7 Å². The summed E-state index contributed by atoms with van der Waals surface area (Å²) < 4.78 is 5.36. The largest absolute Gasteiger partial charge is 0.458 e. The van der Waals surface area contributed by atoms with Crippen molar-refractivity contribution < 1.29 is 29.3 Å². The molecule has 0 aliphatic heterocycles. The third kappa shape index (κ3) is 6.04. The number of carbonyl (C=O) groups excluding carboxylic acids is 3. The smallest absolute Gasteiger partial charge is 0.306 e. The summed E-state index contributed by atoms with van der Waals surface area (Å²) in [5.41, 5.74) is -1.69. The molecule has 2 N–H and O–H groups in total. The zero-order valence-corrected chi connectivity index (χ0v) is 25.1. The zero-order valence-electron chi connectivity index (χ0n) is 25.1. The van der Waals surface area contributed by atoms with Crippen molar-refractivity contribution >= 4 is 17.5 Å². The minimum absolute atomic E-state index is 0.00427. The predicted octanol–water partition coefficient (Wildman–Crippen LogP) is 6.42. The first-order chi connectivity index (χ1) is 19.1. The van der Waals surface area contributed by atoms with Crippen LogP contribution in [0.4, 0.5) is 0 Å². The van der Waals surface area contributed by atoms with Gasteiger partial charge in [-0.2, -0.15) is 0 Å². The zero-order chi connectivity index (χ0) is 29.0. The van der Waals surface area contributed by atoms with E-state index in [9.17, 15) is 24.6 Å². The lowest BCUT2D eigenvalue weighted by molar-refractivity contribution is -0.181. The third-order valence-electron chi connectivity index (χ3n) is 11.2. The average molecular weight is 557 g/mol. The van der Waals surface area contributed by atoms with E-state index < -0.39 is 29.5 Å². The lowest BCUT2D eigenvalue weighted by Gasteiger charge is -2.59. The molecule has 0 spiro atoms. The highest BCUT2D eigenvalue weighted by Crippen LogP contribution is 2.67. The Bertz CT molecular complexity index is 998. The van der Waals surface area contributed by atoms with Gasteiger partial charge in [0.15, 0.2) is 12.4 Å². The number of ether oxygens (including phenoxy) is 1. The van der Waals surface area contributed by atoms with Crippen molar-refractivity contribution in [2.24, 2.45) is 28.6 Å². The van der Waals surface area contributed by atoms with Crippen molar-refractivity contribution in [1.82, 2.24) is 0 Å². The van der Waals surface area contributed by atoms with Crippen molar-refractivity contribution in [1.29, 1.82) is 0 Å². The van der Waals surface area contributed by atoms with Gasteiger partial charge in [-0.1, -0.05) is 90.2 Å². The van der Waals surface area contributed by atoms with Gasteiger partial charge in [-0.25, -0.2) is 0 Å². The molecule has 6 heteroatoms. The van der Waals surface area contributed by atoms with E-state index in [2.05, 4.69) is 13.8 Å². The summed E-state index contributed by atoms with van der Waals surface area (Å²) in [6, 6.07) is 0. The molecule has 0 saturated heterocycles. The van der Waals surface area contributed by atoms with Crippen LogP contribution in [-0.4, -0.2) is 46.1 Å². The van der Waals surface area contributed by atoms with Gasteiger partial charge in [-0.15, -0.1) is 0 Å². The number of fused-ring (bicyclic) bond motifs is 5. The van der Waals surface area contributed by atoms with Crippen LogP contribution < -0.4 is 0 Å². The number of allylic oxidation sites excluding steroid dienone is 4. The van der Waals surface area contributed by atoms with Gasteiger partial charge in [0.25, 0.3) is 0 Å². The summed E-state index contributed by atoms with van der Waals surface area (Å²) in [5, 5.41) is 23.3. The molecule has 0 unspecified atom stereocenters. The normalized spacial score (nSPS) is 36.4. The minimum atomic E-state index is -1.61. The molecule has 6 nitrogen and oxygen atoms in total. The van der Waals surface area contributed by atoms with Gasteiger partial charge in [-0.3, -0.25) is 14.4 Å². The number of unbranched alkanes of at least 4 members (excludes halogenated alkanes) is 9. The average Bonchev–Trinajstić information content (AvgIpc) is 3.19. The van der Waals surface area contributed by atoms with Gasteiger partial charge in [0.1, 0.15) is 5.60 Å². The monoisotopic (exact) mass is 556 g/mol. The summed E-state index contributed by atoms with van der Waals surface area (Å²) in [5.74, 6) is -0.629. The molecule has 0 aromatic heterocycles. The fourth-order valence-electron chi connectivity index (χ4n) is 8.88. The number of Topliss-reactive ketones (excluding diaryl/α,β-unsaturated/α-hetero) is 1. The maximum Gasteiger partial charge on any atom is 0.306 e. The number of hydrogen-bond acceptors (Lipinski definition) is 6. The third-order valence-corrected chi connectivity index (χ3v) is 11.2. The van der Waals surface area contributed by atoms with Gasteiger partial charge < -0.3 is 14.9 Å². The van der Waals surface area contributed by atoms with Crippen LogP contribution >= 0.6 is 0 Å². The summed E-state index contributed by atoms with van der Waals surface area (Å²) >= 11 is 0. The number of hydrogen-bond donors (Lipinski definition) is 2. The molecule has 0 aromatic carbocycles. The molecule has 3 saturated carbocycles. The maximum atomic E-state index is 13.4. The Kier molecular flexibility index (Phi) is 10.1. The Morgan fingerprint density at radius 2 is 1.65 bits per heavy atom. The molecule has 0 aromatic rings. The molecule has 3 fully saturated rings. The van der Waals surface area contributed by atoms with Crippen molar-refractivity contribution in [2.75, 3.05) is 6.61 Å². The molecule has 7 atom stereocenters. The maximum absolute atomic E-state index is 13.4. The summed E-state index contributed by atoms with van der Waals surface area (Å²) in [4.78, 5) is 37.8. The molecule has 0 radical (unpaired) electrons. The number of ketones is 2. The molecule has 4 aliphatic carbocycles. The summed E-state index contributed by atoms with van der Waals surface area (Å²) in [6.45, 7) is 5.88. The van der Waals surface area contributed by atoms with Crippen LogP contribution in [0.25, 0.3) is 0 Å². The molecule has 4 rings (SSSR count). The molecule has 224 valence electrons. The molecule has 0 amide bonds. The number of aliphatic hydroxyl groups is 2. The predicted molar refractivity (Wildman–Crippen MR) is 155 cm³/mol. The SMILES string of the molecule is CCCCCCCCCCCCC(=O)OCC(=O)[C@@]1(O)CC[C@H]2[C@@H]3CCC4=CC(=O)C=C[C@]4(C)[C@H]3[C@@H](O)C[C@@]21C. The number of aliphatic hydroxyl groups excluding tert-OH is 1. The van der Waals surface area contributed by atoms with Crippen LogP contribution in [0.1, 0.15) is 124 Å². The molecule has 0 heterocycles. The van der Waals surface area contributed by atoms with Crippen LogP contribution in [0.5, 0.6) is 0 Å². The van der Waals surface area contributed by atoms with Gasteiger partial charge in [0.05, 0.1) is 6.10 Å². The van der Waals surface area contributed by atoms with E-state index in [1.807, 2.05) is 13.0 Å². The van der Waals surface area contributed by atoms with Crippen LogP contribution in [0.15, 0.2) is 23.8 Å². The van der Waals surface area contributed by atoms with E-state index in [1.54, 1.807) is 12.2 Å². The van der Waals surface area contributed by atoms with Crippen molar-refractivity contribution in [2.45, 2.75) is 135 Å². The molecular weight excluding hydrogens is 504 g/mol. The second-order valence-corrected chi connectivity index (χ2v) is 13.6. The first-order valence-corrected chi connectivity index (χ1v) is 16.1.